The number of ether oxygens (including phenoxy) is 2. The third kappa shape index (κ3) is 3.34. The Labute approximate surface area is 103 Å². The van der Waals surface area contributed by atoms with E-state index in [4.69, 9.17) is 9.47 Å². The lowest BCUT2D eigenvalue weighted by molar-refractivity contribution is 0.101. The molecule has 3 nitrogen and oxygen atoms in total. The van der Waals surface area contributed by atoms with Gasteiger partial charge in [0.15, 0.2) is 17.3 Å². The normalized spacial score (nSPS) is 8.76. The van der Waals surface area contributed by atoms with Gasteiger partial charge in [-0.2, -0.15) is 0 Å². The summed E-state index contributed by atoms with van der Waals surface area (Å²) in [6, 6.07) is 3.42. The molecule has 0 spiro atoms. The third-order valence-electron chi connectivity index (χ3n) is 2.17. The summed E-state index contributed by atoms with van der Waals surface area (Å²) in [6.07, 6.45) is 1.60. The van der Waals surface area contributed by atoms with E-state index in [1.807, 2.05) is 13.8 Å². The van der Waals surface area contributed by atoms with Crippen molar-refractivity contribution in [2.24, 2.45) is 0 Å². The van der Waals surface area contributed by atoms with Gasteiger partial charge in [0, 0.05) is 11.1 Å². The van der Waals surface area contributed by atoms with Crippen LogP contribution >= 0.6 is 0 Å². The Kier molecular flexibility index (Phi) is 6.71. The predicted octanol–water partition coefficient (Wildman–Crippen LogP) is 3.58. The summed E-state index contributed by atoms with van der Waals surface area (Å²) in [6.45, 7) is 9.18. The van der Waals surface area contributed by atoms with E-state index in [0.717, 1.165) is 0 Å². The Morgan fingerprint density at radius 2 is 1.82 bits per heavy atom. The summed E-state index contributed by atoms with van der Waals surface area (Å²) >= 11 is 0. The van der Waals surface area contributed by atoms with Crippen LogP contribution in [-0.2, 0) is 0 Å². The molecule has 0 unspecified atom stereocenters. The quantitative estimate of drug-likeness (QED) is 0.750. The van der Waals surface area contributed by atoms with Crippen molar-refractivity contribution in [1.29, 1.82) is 0 Å². The van der Waals surface area contributed by atoms with E-state index in [1.165, 1.54) is 14.0 Å². The van der Waals surface area contributed by atoms with Crippen molar-refractivity contribution in [2.75, 3.05) is 14.2 Å². The second-order valence-electron chi connectivity index (χ2n) is 3.02. The minimum atomic E-state index is -0.0224. The maximum Gasteiger partial charge on any atom is 0.168 e. The standard InChI is InChI=1S/C12H14O3.C2H6/c1-5-9-10(8(2)13)6-7-11(14-3)12(9)15-4;1-2/h5-7H,1H2,2-4H3;1-2H3. The Bertz CT molecular complexity index is 395. The summed E-state index contributed by atoms with van der Waals surface area (Å²) in [5.74, 6) is 1.11. The minimum Gasteiger partial charge on any atom is -0.493 e. The average molecular weight is 236 g/mol. The van der Waals surface area contributed by atoms with E-state index < -0.39 is 0 Å². The maximum absolute atomic E-state index is 11.3. The topological polar surface area (TPSA) is 35.5 Å². The molecule has 0 saturated carbocycles. The molecule has 0 atom stereocenters. The van der Waals surface area contributed by atoms with Gasteiger partial charge in [0.2, 0.25) is 0 Å². The molecule has 0 aliphatic carbocycles. The van der Waals surface area contributed by atoms with E-state index in [2.05, 4.69) is 6.58 Å². The molecule has 0 aliphatic heterocycles. The van der Waals surface area contributed by atoms with E-state index in [-0.39, 0.29) is 5.78 Å². The van der Waals surface area contributed by atoms with Crippen molar-refractivity contribution in [3.05, 3.63) is 29.8 Å². The third-order valence-corrected chi connectivity index (χ3v) is 2.17. The first-order valence-corrected chi connectivity index (χ1v) is 5.54. The van der Waals surface area contributed by atoms with Gasteiger partial charge in [-0.3, -0.25) is 4.79 Å². The van der Waals surface area contributed by atoms with E-state index in [9.17, 15) is 4.79 Å². The van der Waals surface area contributed by atoms with Gasteiger partial charge < -0.3 is 9.47 Å². The molecule has 0 saturated heterocycles. The average Bonchev–Trinajstić information content (AvgIpc) is 2.38. The van der Waals surface area contributed by atoms with Gasteiger partial charge in [-0.05, 0) is 19.1 Å². The molecule has 0 heterocycles. The number of carbonyl (C=O) groups excluding carboxylic acids is 1. The highest BCUT2D eigenvalue weighted by molar-refractivity contribution is 5.99. The number of methoxy groups -OCH3 is 2. The molecule has 1 rings (SSSR count). The highest BCUT2D eigenvalue weighted by Crippen LogP contribution is 2.34. The zero-order valence-electron chi connectivity index (χ0n) is 11.2. The molecular weight excluding hydrogens is 216 g/mol. The Morgan fingerprint density at radius 1 is 1.24 bits per heavy atom. The van der Waals surface area contributed by atoms with Gasteiger partial charge in [0.1, 0.15) is 0 Å². The number of ketones is 1. The van der Waals surface area contributed by atoms with Gasteiger partial charge in [-0.25, -0.2) is 0 Å². The molecular formula is C14H20O3. The van der Waals surface area contributed by atoms with Crippen molar-refractivity contribution >= 4 is 11.9 Å². The monoisotopic (exact) mass is 236 g/mol. The molecule has 1 aromatic rings. The van der Waals surface area contributed by atoms with Crippen LogP contribution in [0.5, 0.6) is 11.5 Å². The number of benzene rings is 1. The molecule has 0 amide bonds. The Morgan fingerprint density at radius 3 is 2.18 bits per heavy atom. The van der Waals surface area contributed by atoms with Crippen LogP contribution in [0.2, 0.25) is 0 Å². The second kappa shape index (κ2) is 7.49. The van der Waals surface area contributed by atoms with E-state index >= 15 is 0 Å². The summed E-state index contributed by atoms with van der Waals surface area (Å²) in [5.41, 5.74) is 1.26. The fourth-order valence-electron chi connectivity index (χ4n) is 1.46. The van der Waals surface area contributed by atoms with Gasteiger partial charge in [0.05, 0.1) is 14.2 Å². The van der Waals surface area contributed by atoms with Gasteiger partial charge in [-0.15, -0.1) is 0 Å². The van der Waals surface area contributed by atoms with Crippen LogP contribution in [0, 0.1) is 0 Å². The van der Waals surface area contributed by atoms with E-state index in [0.29, 0.717) is 22.6 Å². The van der Waals surface area contributed by atoms with Gasteiger partial charge in [-0.1, -0.05) is 26.5 Å². The molecule has 17 heavy (non-hydrogen) atoms. The fourth-order valence-corrected chi connectivity index (χ4v) is 1.46. The van der Waals surface area contributed by atoms with Gasteiger partial charge >= 0.3 is 0 Å². The van der Waals surface area contributed by atoms with Crippen LogP contribution in [0.1, 0.15) is 36.7 Å². The van der Waals surface area contributed by atoms with Crippen molar-refractivity contribution in [3.8, 4) is 11.5 Å². The smallest absolute Gasteiger partial charge is 0.168 e. The number of hydrogen-bond acceptors (Lipinski definition) is 3. The predicted molar refractivity (Wildman–Crippen MR) is 71.0 cm³/mol. The van der Waals surface area contributed by atoms with Crippen LogP contribution in [0.15, 0.2) is 18.7 Å². The zero-order chi connectivity index (χ0) is 13.4. The van der Waals surface area contributed by atoms with Crippen molar-refractivity contribution in [2.45, 2.75) is 20.8 Å². The summed E-state index contributed by atoms with van der Waals surface area (Å²) in [4.78, 5) is 11.3. The molecule has 0 radical (unpaired) electrons. The summed E-state index contributed by atoms with van der Waals surface area (Å²) < 4.78 is 10.3. The van der Waals surface area contributed by atoms with Crippen LogP contribution in [-0.4, -0.2) is 20.0 Å². The number of hydrogen-bond donors (Lipinski definition) is 0. The van der Waals surface area contributed by atoms with Crippen LogP contribution in [0.4, 0.5) is 0 Å². The van der Waals surface area contributed by atoms with Crippen molar-refractivity contribution < 1.29 is 14.3 Å². The Hall–Kier alpha value is -1.77. The first-order chi connectivity index (χ1) is 8.15. The lowest BCUT2D eigenvalue weighted by Gasteiger charge is -2.12. The number of rotatable bonds is 4. The van der Waals surface area contributed by atoms with Gasteiger partial charge in [0.25, 0.3) is 0 Å². The first kappa shape index (κ1) is 15.2. The molecule has 1 aromatic carbocycles. The van der Waals surface area contributed by atoms with Crippen molar-refractivity contribution in [1.82, 2.24) is 0 Å². The molecule has 0 fully saturated rings. The molecule has 0 aromatic heterocycles. The number of carbonyl (C=O) groups is 1. The molecule has 0 aliphatic rings. The highest BCUT2D eigenvalue weighted by Gasteiger charge is 2.14. The molecule has 0 N–H and O–H groups in total. The van der Waals surface area contributed by atoms with Crippen LogP contribution in [0.25, 0.3) is 6.08 Å². The summed E-state index contributed by atoms with van der Waals surface area (Å²) in [5, 5.41) is 0. The molecule has 94 valence electrons. The maximum atomic E-state index is 11.3. The van der Waals surface area contributed by atoms with Crippen molar-refractivity contribution in [3.63, 3.8) is 0 Å². The fraction of sp³-hybridized carbons (Fsp3) is 0.357. The van der Waals surface area contributed by atoms with Crippen LogP contribution < -0.4 is 9.47 Å². The zero-order valence-corrected chi connectivity index (χ0v) is 11.2. The molecule has 0 bridgehead atoms. The minimum absolute atomic E-state index is 0.0224. The second-order valence-corrected chi connectivity index (χ2v) is 3.02. The van der Waals surface area contributed by atoms with Crippen LogP contribution in [0.3, 0.4) is 0 Å². The highest BCUT2D eigenvalue weighted by atomic mass is 16.5. The SMILES string of the molecule is C=Cc1c(C(C)=O)ccc(OC)c1OC.CC. The number of Topliss-reactive ketones (excluding diaryl/α,β-unsaturated/α-hetero) is 1. The summed E-state index contributed by atoms with van der Waals surface area (Å²) in [7, 11) is 3.09. The molecule has 3 heteroatoms. The Balaban J connectivity index is 0.00000121. The first-order valence-electron chi connectivity index (χ1n) is 5.54. The van der Waals surface area contributed by atoms with E-state index in [1.54, 1.807) is 25.3 Å². The lowest BCUT2D eigenvalue weighted by atomic mass is 10.0. The largest absolute Gasteiger partial charge is 0.493 e. The lowest BCUT2D eigenvalue weighted by Crippen LogP contribution is -2.00.